The lowest BCUT2D eigenvalue weighted by molar-refractivity contribution is -0.124. The second-order valence-corrected chi connectivity index (χ2v) is 7.35. The van der Waals surface area contributed by atoms with E-state index in [0.29, 0.717) is 19.6 Å². The molecule has 1 saturated heterocycles. The summed E-state index contributed by atoms with van der Waals surface area (Å²) in [7, 11) is 0. The van der Waals surface area contributed by atoms with E-state index in [1.54, 1.807) is 0 Å². The molecular formula is C23H29N3O2. The van der Waals surface area contributed by atoms with Gasteiger partial charge in [0.15, 0.2) is 0 Å². The van der Waals surface area contributed by atoms with E-state index in [4.69, 9.17) is 0 Å². The van der Waals surface area contributed by atoms with E-state index in [1.807, 2.05) is 73.3 Å². The van der Waals surface area contributed by atoms with Crippen molar-refractivity contribution in [3.8, 4) is 0 Å². The number of nitrogens with zero attached hydrogens (tertiary/aromatic N) is 2. The number of piperidine rings is 1. The molecule has 1 atom stereocenters. The van der Waals surface area contributed by atoms with Crippen LogP contribution in [0.3, 0.4) is 0 Å². The SMILES string of the molecule is CCN(C(=O)CN1CCC[C@@H](C(=O)Nc2ccccc2)C1)c1ccccc1C. The largest absolute Gasteiger partial charge is 0.326 e. The Balaban J connectivity index is 1.60. The maximum Gasteiger partial charge on any atom is 0.241 e. The fourth-order valence-corrected chi connectivity index (χ4v) is 3.80. The molecule has 148 valence electrons. The first-order chi connectivity index (χ1) is 13.6. The molecule has 1 N–H and O–H groups in total. The fourth-order valence-electron chi connectivity index (χ4n) is 3.80. The molecule has 1 aliphatic heterocycles. The van der Waals surface area contributed by atoms with Gasteiger partial charge in [-0.25, -0.2) is 0 Å². The van der Waals surface area contributed by atoms with Crippen LogP contribution in [0.1, 0.15) is 25.3 Å². The molecule has 0 radical (unpaired) electrons. The monoisotopic (exact) mass is 379 g/mol. The van der Waals surface area contributed by atoms with Gasteiger partial charge in [0.05, 0.1) is 12.5 Å². The summed E-state index contributed by atoms with van der Waals surface area (Å²) < 4.78 is 0. The number of para-hydroxylation sites is 2. The Kier molecular flexibility index (Phi) is 6.82. The van der Waals surface area contributed by atoms with E-state index in [2.05, 4.69) is 10.2 Å². The third kappa shape index (κ3) is 4.98. The van der Waals surface area contributed by atoms with E-state index in [9.17, 15) is 9.59 Å². The van der Waals surface area contributed by atoms with Crippen molar-refractivity contribution in [2.45, 2.75) is 26.7 Å². The molecule has 28 heavy (non-hydrogen) atoms. The van der Waals surface area contributed by atoms with E-state index in [-0.39, 0.29) is 17.7 Å². The Morgan fingerprint density at radius 2 is 1.82 bits per heavy atom. The van der Waals surface area contributed by atoms with Crippen molar-refractivity contribution >= 4 is 23.2 Å². The highest BCUT2D eigenvalue weighted by Crippen LogP contribution is 2.22. The van der Waals surface area contributed by atoms with Gasteiger partial charge < -0.3 is 10.2 Å². The fraction of sp³-hybridized carbons (Fsp3) is 0.391. The molecule has 2 aromatic rings. The molecular weight excluding hydrogens is 350 g/mol. The highest BCUT2D eigenvalue weighted by atomic mass is 16.2. The van der Waals surface area contributed by atoms with Crippen molar-refractivity contribution in [2.24, 2.45) is 5.92 Å². The number of aryl methyl sites for hydroxylation is 1. The first-order valence-corrected chi connectivity index (χ1v) is 10.0. The minimum atomic E-state index is -0.0877. The maximum atomic E-state index is 12.9. The molecule has 0 saturated carbocycles. The number of nitrogens with one attached hydrogen (secondary N) is 1. The average molecular weight is 380 g/mol. The Hall–Kier alpha value is -2.66. The van der Waals surface area contributed by atoms with Gasteiger partial charge in [0.25, 0.3) is 0 Å². The van der Waals surface area contributed by atoms with Gasteiger partial charge in [-0.1, -0.05) is 36.4 Å². The Bertz CT molecular complexity index is 807. The Labute approximate surface area is 167 Å². The zero-order chi connectivity index (χ0) is 19.9. The van der Waals surface area contributed by atoms with Crippen LogP contribution in [0.25, 0.3) is 0 Å². The van der Waals surface area contributed by atoms with Crippen LogP contribution in [-0.4, -0.2) is 42.9 Å². The number of amides is 2. The number of likely N-dealkylation sites (N-methyl/N-ethyl adjacent to an activating group) is 1. The number of carbonyl (C=O) groups is 2. The number of carbonyl (C=O) groups excluding carboxylic acids is 2. The highest BCUT2D eigenvalue weighted by molar-refractivity contribution is 5.96. The number of benzene rings is 2. The highest BCUT2D eigenvalue weighted by Gasteiger charge is 2.28. The third-order valence-corrected chi connectivity index (χ3v) is 5.30. The van der Waals surface area contributed by atoms with Crippen LogP contribution in [0.2, 0.25) is 0 Å². The zero-order valence-corrected chi connectivity index (χ0v) is 16.7. The van der Waals surface area contributed by atoms with Crippen molar-refractivity contribution in [2.75, 3.05) is 36.4 Å². The molecule has 0 aromatic heterocycles. The van der Waals surface area contributed by atoms with E-state index < -0.39 is 0 Å². The molecule has 3 rings (SSSR count). The summed E-state index contributed by atoms with van der Waals surface area (Å²) in [4.78, 5) is 29.5. The maximum absolute atomic E-state index is 12.9. The number of anilines is 2. The lowest BCUT2D eigenvalue weighted by atomic mass is 9.97. The summed E-state index contributed by atoms with van der Waals surface area (Å²) in [5.74, 6) is 0.0332. The summed E-state index contributed by atoms with van der Waals surface area (Å²) >= 11 is 0. The minimum absolute atomic E-state index is 0.0367. The van der Waals surface area contributed by atoms with Crippen molar-refractivity contribution in [3.63, 3.8) is 0 Å². The lowest BCUT2D eigenvalue weighted by Gasteiger charge is -2.33. The van der Waals surface area contributed by atoms with E-state index in [1.165, 1.54) is 0 Å². The van der Waals surface area contributed by atoms with Crippen LogP contribution in [0.4, 0.5) is 11.4 Å². The number of hydrogen-bond donors (Lipinski definition) is 1. The van der Waals surface area contributed by atoms with Crippen LogP contribution in [0, 0.1) is 12.8 Å². The predicted molar refractivity (Wildman–Crippen MR) is 113 cm³/mol. The summed E-state index contributed by atoms with van der Waals surface area (Å²) in [6.45, 7) is 6.47. The first kappa shape index (κ1) is 20.1. The molecule has 0 unspecified atom stereocenters. The average Bonchev–Trinajstić information content (AvgIpc) is 2.71. The van der Waals surface area contributed by atoms with Crippen molar-refractivity contribution in [1.82, 2.24) is 4.90 Å². The topological polar surface area (TPSA) is 52.7 Å². The number of rotatable bonds is 6. The Morgan fingerprint density at radius 3 is 2.54 bits per heavy atom. The van der Waals surface area contributed by atoms with Gasteiger partial charge in [-0.2, -0.15) is 0 Å². The van der Waals surface area contributed by atoms with E-state index >= 15 is 0 Å². The normalized spacial score (nSPS) is 17.1. The first-order valence-electron chi connectivity index (χ1n) is 10.0. The third-order valence-electron chi connectivity index (χ3n) is 5.30. The van der Waals surface area contributed by atoms with Gasteiger partial charge in [-0.3, -0.25) is 14.5 Å². The zero-order valence-electron chi connectivity index (χ0n) is 16.7. The molecule has 1 fully saturated rings. The molecule has 2 aromatic carbocycles. The smallest absolute Gasteiger partial charge is 0.241 e. The molecule has 0 spiro atoms. The molecule has 2 amide bonds. The van der Waals surface area contributed by atoms with Gasteiger partial charge >= 0.3 is 0 Å². The standard InChI is InChI=1S/C23H29N3O2/c1-3-26(21-14-8-7-10-18(21)2)22(27)17-25-15-9-11-19(16-25)23(28)24-20-12-5-4-6-13-20/h4-8,10,12-14,19H,3,9,11,15-17H2,1-2H3,(H,24,28)/t19-/m1/s1. The summed E-state index contributed by atoms with van der Waals surface area (Å²) in [6.07, 6.45) is 1.79. The number of likely N-dealkylation sites (tertiary alicyclic amines) is 1. The van der Waals surface area contributed by atoms with Crippen LogP contribution < -0.4 is 10.2 Å². The summed E-state index contributed by atoms with van der Waals surface area (Å²) in [5, 5.41) is 2.99. The molecule has 0 aliphatic carbocycles. The quantitative estimate of drug-likeness (QED) is 0.833. The minimum Gasteiger partial charge on any atom is -0.326 e. The van der Waals surface area contributed by atoms with Gasteiger partial charge in [-0.15, -0.1) is 0 Å². The van der Waals surface area contributed by atoms with Gasteiger partial charge in [-0.05, 0) is 57.0 Å². The van der Waals surface area contributed by atoms with Gasteiger partial charge in [0.2, 0.25) is 11.8 Å². The van der Waals surface area contributed by atoms with E-state index in [0.717, 1.165) is 36.3 Å². The number of hydrogen-bond acceptors (Lipinski definition) is 3. The predicted octanol–water partition coefficient (Wildman–Crippen LogP) is 3.70. The van der Waals surface area contributed by atoms with Crippen LogP contribution in [-0.2, 0) is 9.59 Å². The molecule has 1 aliphatic rings. The molecule has 1 heterocycles. The second-order valence-electron chi connectivity index (χ2n) is 7.35. The van der Waals surface area contributed by atoms with Crippen LogP contribution in [0.15, 0.2) is 54.6 Å². The van der Waals surface area contributed by atoms with Gasteiger partial charge in [0.1, 0.15) is 0 Å². The van der Waals surface area contributed by atoms with Gasteiger partial charge in [0, 0.05) is 24.5 Å². The summed E-state index contributed by atoms with van der Waals surface area (Å²) in [5.41, 5.74) is 2.87. The van der Waals surface area contributed by atoms with Crippen LogP contribution >= 0.6 is 0 Å². The second kappa shape index (κ2) is 9.51. The molecule has 0 bridgehead atoms. The Morgan fingerprint density at radius 1 is 1.11 bits per heavy atom. The molecule has 5 nitrogen and oxygen atoms in total. The van der Waals surface area contributed by atoms with Crippen molar-refractivity contribution in [1.29, 1.82) is 0 Å². The van der Waals surface area contributed by atoms with Crippen LogP contribution in [0.5, 0.6) is 0 Å². The lowest BCUT2D eigenvalue weighted by Crippen LogP contribution is -2.46. The molecule has 5 heteroatoms. The van der Waals surface area contributed by atoms with Crippen molar-refractivity contribution in [3.05, 3.63) is 60.2 Å². The summed E-state index contributed by atoms with van der Waals surface area (Å²) in [6, 6.07) is 17.5. The van der Waals surface area contributed by atoms with Crippen molar-refractivity contribution < 1.29 is 9.59 Å².